The molecule has 1 aliphatic carbocycles. The molecule has 130 valence electrons. The van der Waals surface area contributed by atoms with Crippen molar-refractivity contribution in [3.05, 3.63) is 35.9 Å². The number of benzene rings is 1. The van der Waals surface area contributed by atoms with Gasteiger partial charge in [-0.05, 0) is 38.7 Å². The summed E-state index contributed by atoms with van der Waals surface area (Å²) in [6.45, 7) is 5.91. The summed E-state index contributed by atoms with van der Waals surface area (Å²) in [6.07, 6.45) is -0.158. The van der Waals surface area contributed by atoms with E-state index in [1.54, 1.807) is 6.92 Å². The van der Waals surface area contributed by atoms with Crippen molar-refractivity contribution in [1.82, 2.24) is 0 Å². The van der Waals surface area contributed by atoms with E-state index in [2.05, 4.69) is 0 Å². The summed E-state index contributed by atoms with van der Waals surface area (Å²) in [7, 11) is 0. The number of ether oxygens (including phenoxy) is 4. The number of carbonyl (C=O) groups is 1. The fourth-order valence-electron chi connectivity index (χ4n) is 3.85. The lowest BCUT2D eigenvalue weighted by Gasteiger charge is -2.26. The molecule has 5 nitrogen and oxygen atoms in total. The van der Waals surface area contributed by atoms with E-state index in [0.29, 0.717) is 6.61 Å². The van der Waals surface area contributed by atoms with Crippen LogP contribution in [0.2, 0.25) is 0 Å². The van der Waals surface area contributed by atoms with E-state index in [1.807, 2.05) is 44.2 Å². The molecule has 1 aromatic rings. The maximum absolute atomic E-state index is 11.6. The van der Waals surface area contributed by atoms with Gasteiger partial charge >= 0.3 is 0 Å². The summed E-state index contributed by atoms with van der Waals surface area (Å²) in [5.74, 6) is -0.142. The van der Waals surface area contributed by atoms with Crippen LogP contribution in [-0.4, -0.2) is 36.2 Å². The number of hydrogen-bond acceptors (Lipinski definition) is 5. The van der Waals surface area contributed by atoms with Crippen LogP contribution >= 0.6 is 0 Å². The maximum Gasteiger partial charge on any atom is 0.190 e. The first-order valence-corrected chi connectivity index (χ1v) is 8.62. The first kappa shape index (κ1) is 16.2. The Hall–Kier alpha value is -1.27. The zero-order valence-corrected chi connectivity index (χ0v) is 14.3. The first-order valence-electron chi connectivity index (χ1n) is 8.62. The van der Waals surface area contributed by atoms with E-state index < -0.39 is 12.1 Å². The highest BCUT2D eigenvalue weighted by molar-refractivity contribution is 5.81. The van der Waals surface area contributed by atoms with Gasteiger partial charge in [0.1, 0.15) is 18.0 Å². The minimum Gasteiger partial charge on any atom is -0.368 e. The van der Waals surface area contributed by atoms with Crippen molar-refractivity contribution in [2.45, 2.75) is 64.2 Å². The smallest absolute Gasteiger partial charge is 0.190 e. The predicted octanol–water partition coefficient (Wildman–Crippen LogP) is 2.67. The highest BCUT2D eigenvalue weighted by Crippen LogP contribution is 2.50. The number of rotatable bonds is 5. The average molecular weight is 332 g/mol. The molecule has 0 N–H and O–H groups in total. The summed E-state index contributed by atoms with van der Waals surface area (Å²) in [5, 5.41) is 0. The molecule has 2 aliphatic heterocycles. The Bertz CT molecular complexity index is 613. The Labute approximate surface area is 142 Å². The van der Waals surface area contributed by atoms with Crippen molar-refractivity contribution in [3.8, 4) is 0 Å². The second-order valence-corrected chi connectivity index (χ2v) is 7.45. The van der Waals surface area contributed by atoms with Crippen LogP contribution in [0.5, 0.6) is 0 Å². The van der Waals surface area contributed by atoms with E-state index >= 15 is 0 Å². The van der Waals surface area contributed by atoms with Crippen LogP contribution in [0.1, 0.15) is 32.8 Å². The van der Waals surface area contributed by atoms with Gasteiger partial charge in [-0.1, -0.05) is 30.3 Å². The Morgan fingerprint density at radius 3 is 2.62 bits per heavy atom. The number of ketones is 1. The van der Waals surface area contributed by atoms with Gasteiger partial charge in [0.25, 0.3) is 0 Å². The Balaban J connectivity index is 1.48. The summed E-state index contributed by atoms with van der Waals surface area (Å²) in [6, 6.07) is 10.0. The van der Waals surface area contributed by atoms with Crippen LogP contribution in [0.4, 0.5) is 0 Å². The molecule has 0 amide bonds. The van der Waals surface area contributed by atoms with E-state index in [4.69, 9.17) is 18.9 Å². The second kappa shape index (κ2) is 5.92. The van der Waals surface area contributed by atoms with Gasteiger partial charge in [0.2, 0.25) is 0 Å². The molecule has 6 atom stereocenters. The van der Waals surface area contributed by atoms with Crippen molar-refractivity contribution in [2.24, 2.45) is 11.8 Å². The van der Waals surface area contributed by atoms with Gasteiger partial charge < -0.3 is 18.9 Å². The largest absolute Gasteiger partial charge is 0.368 e. The lowest BCUT2D eigenvalue weighted by atomic mass is 10.0. The molecule has 3 fully saturated rings. The molecule has 2 saturated heterocycles. The average Bonchev–Trinajstić information content (AvgIpc) is 3.19. The van der Waals surface area contributed by atoms with Gasteiger partial charge in [-0.15, -0.1) is 0 Å². The monoisotopic (exact) mass is 332 g/mol. The molecule has 0 unspecified atom stereocenters. The molecule has 0 bridgehead atoms. The summed E-state index contributed by atoms with van der Waals surface area (Å²) < 4.78 is 24.2. The highest BCUT2D eigenvalue weighted by atomic mass is 16.8. The molecular weight excluding hydrogens is 308 g/mol. The van der Waals surface area contributed by atoms with Crippen LogP contribution in [0.3, 0.4) is 0 Å². The minimum atomic E-state index is -0.668. The number of hydrogen-bond donors (Lipinski definition) is 0. The van der Waals surface area contributed by atoms with E-state index in [1.165, 1.54) is 0 Å². The molecule has 0 aromatic heterocycles. The Morgan fingerprint density at radius 1 is 1.21 bits per heavy atom. The lowest BCUT2D eigenvalue weighted by Crippen LogP contribution is -2.38. The molecule has 0 radical (unpaired) electrons. The van der Waals surface area contributed by atoms with Crippen LogP contribution in [-0.2, 0) is 30.3 Å². The molecule has 2 heterocycles. The van der Waals surface area contributed by atoms with Crippen molar-refractivity contribution in [1.29, 1.82) is 0 Å². The minimum absolute atomic E-state index is 0.0877. The van der Waals surface area contributed by atoms with Gasteiger partial charge in [-0.3, -0.25) is 4.79 Å². The van der Waals surface area contributed by atoms with Crippen LogP contribution in [0, 0.1) is 11.8 Å². The van der Waals surface area contributed by atoms with Crippen LogP contribution in [0.15, 0.2) is 30.3 Å². The van der Waals surface area contributed by atoms with Gasteiger partial charge in [0.05, 0.1) is 12.7 Å². The first-order chi connectivity index (χ1) is 11.4. The van der Waals surface area contributed by atoms with E-state index in [9.17, 15) is 4.79 Å². The number of carbonyl (C=O) groups excluding carboxylic acids is 1. The lowest BCUT2D eigenvalue weighted by molar-refractivity contribution is -0.222. The summed E-state index contributed by atoms with van der Waals surface area (Å²) in [4.78, 5) is 11.6. The second-order valence-electron chi connectivity index (χ2n) is 7.45. The van der Waals surface area contributed by atoms with Crippen molar-refractivity contribution in [2.75, 3.05) is 0 Å². The third-order valence-corrected chi connectivity index (χ3v) is 5.10. The van der Waals surface area contributed by atoms with E-state index in [0.717, 1.165) is 12.0 Å². The quantitative estimate of drug-likeness (QED) is 0.830. The molecule has 4 rings (SSSR count). The molecular formula is C19H24O5. The van der Waals surface area contributed by atoms with E-state index in [-0.39, 0.29) is 35.9 Å². The Kier molecular flexibility index (Phi) is 4.00. The van der Waals surface area contributed by atoms with Gasteiger partial charge in [-0.25, -0.2) is 0 Å². The van der Waals surface area contributed by atoms with Crippen molar-refractivity contribution in [3.63, 3.8) is 0 Å². The van der Waals surface area contributed by atoms with Crippen LogP contribution in [0.25, 0.3) is 0 Å². The molecule has 1 saturated carbocycles. The molecule has 0 spiro atoms. The third-order valence-electron chi connectivity index (χ3n) is 5.10. The van der Waals surface area contributed by atoms with Crippen LogP contribution < -0.4 is 0 Å². The van der Waals surface area contributed by atoms with Gasteiger partial charge in [0, 0.05) is 5.92 Å². The zero-order valence-electron chi connectivity index (χ0n) is 14.3. The van der Waals surface area contributed by atoms with Gasteiger partial charge in [-0.2, -0.15) is 0 Å². The normalized spacial score (nSPS) is 39.6. The molecule has 5 heteroatoms. The fraction of sp³-hybridized carbons (Fsp3) is 0.632. The third kappa shape index (κ3) is 3.02. The van der Waals surface area contributed by atoms with Crippen molar-refractivity contribution < 1.29 is 23.7 Å². The summed E-state index contributed by atoms with van der Waals surface area (Å²) >= 11 is 0. The number of fused-ring (bicyclic) bond motifs is 1. The topological polar surface area (TPSA) is 54.0 Å². The number of Topliss-reactive ketones (excluding diaryl/α,β-unsaturated/α-hetero) is 1. The SMILES string of the molecule is CC(=O)[C@H]1C[C@@H]1[C@H]1O[C@@H]2OC(C)(C)O[C@@H]2[C@H]1OCc1ccccc1. The standard InChI is InChI=1S/C19H24O5/c1-11(20)13-9-14(13)15-16(21-10-12-7-5-4-6-8-12)17-18(22-15)24-19(2,3)23-17/h4-8,13-18H,9-10H2,1-3H3/t13-,14+,15-,16+,17-,18-/m1/s1. The van der Waals surface area contributed by atoms with Crippen molar-refractivity contribution >= 4 is 5.78 Å². The zero-order chi connectivity index (χ0) is 16.9. The molecule has 3 aliphatic rings. The fourth-order valence-corrected chi connectivity index (χ4v) is 3.85. The molecule has 24 heavy (non-hydrogen) atoms. The Morgan fingerprint density at radius 2 is 1.96 bits per heavy atom. The summed E-state index contributed by atoms with van der Waals surface area (Å²) in [5.41, 5.74) is 1.11. The predicted molar refractivity (Wildman–Crippen MR) is 86.0 cm³/mol. The van der Waals surface area contributed by atoms with Gasteiger partial charge in [0.15, 0.2) is 12.1 Å². The molecule has 1 aromatic carbocycles. The highest BCUT2D eigenvalue weighted by Gasteiger charge is 2.61. The maximum atomic E-state index is 11.6.